The monoisotopic (exact) mass is 305 g/mol. The van der Waals surface area contributed by atoms with Crippen LogP contribution in [0.4, 0.5) is 5.95 Å². The van der Waals surface area contributed by atoms with Gasteiger partial charge in [-0.3, -0.25) is 10.1 Å². The molecule has 1 heterocycles. The molecule has 1 amide bonds. The van der Waals surface area contributed by atoms with Crippen LogP contribution in [0, 0.1) is 0 Å². The maximum absolute atomic E-state index is 12.5. The van der Waals surface area contributed by atoms with Crippen LogP contribution in [0.1, 0.15) is 23.5 Å². The van der Waals surface area contributed by atoms with Crippen LogP contribution in [0.2, 0.25) is 0 Å². The van der Waals surface area contributed by atoms with Crippen molar-refractivity contribution in [2.45, 2.75) is 12.3 Å². The first-order valence-electron chi connectivity index (χ1n) is 7.61. The molecule has 0 fully saturated rings. The number of hydrogen-bond donors (Lipinski definition) is 1. The molecule has 0 spiro atoms. The summed E-state index contributed by atoms with van der Waals surface area (Å²) >= 11 is 0. The van der Waals surface area contributed by atoms with Crippen molar-refractivity contribution in [1.29, 1.82) is 0 Å². The third-order valence-corrected chi connectivity index (χ3v) is 3.87. The Morgan fingerprint density at radius 2 is 1.61 bits per heavy atom. The summed E-state index contributed by atoms with van der Waals surface area (Å²) < 4.78 is 1.79. The zero-order valence-corrected chi connectivity index (χ0v) is 13.0. The standard InChI is InChI=1S/C19H19N3O/c1-22-13-12-20-19(22)21-18(23)14-17(15-8-4-2-5-9-15)16-10-6-3-7-11-16/h2-13,17H,14H2,1H3,(H,20,21,23). The average molecular weight is 305 g/mol. The molecule has 0 aliphatic carbocycles. The van der Waals surface area contributed by atoms with Gasteiger partial charge in [0.15, 0.2) is 0 Å². The van der Waals surface area contributed by atoms with Crippen LogP contribution < -0.4 is 5.32 Å². The summed E-state index contributed by atoms with van der Waals surface area (Å²) in [4.78, 5) is 16.6. The summed E-state index contributed by atoms with van der Waals surface area (Å²) in [7, 11) is 1.86. The fourth-order valence-electron chi connectivity index (χ4n) is 2.65. The number of benzene rings is 2. The van der Waals surface area contributed by atoms with Crippen molar-refractivity contribution in [3.8, 4) is 0 Å². The lowest BCUT2D eigenvalue weighted by molar-refractivity contribution is -0.116. The largest absolute Gasteiger partial charge is 0.320 e. The van der Waals surface area contributed by atoms with Crippen molar-refractivity contribution in [3.05, 3.63) is 84.2 Å². The van der Waals surface area contributed by atoms with Crippen molar-refractivity contribution >= 4 is 11.9 Å². The molecule has 0 saturated heterocycles. The minimum Gasteiger partial charge on any atom is -0.320 e. The second kappa shape index (κ2) is 6.92. The number of aromatic nitrogens is 2. The van der Waals surface area contributed by atoms with Crippen molar-refractivity contribution in [3.63, 3.8) is 0 Å². The van der Waals surface area contributed by atoms with E-state index in [0.29, 0.717) is 12.4 Å². The number of nitrogens with zero attached hydrogens (tertiary/aromatic N) is 2. The number of imidazole rings is 1. The van der Waals surface area contributed by atoms with E-state index in [1.54, 1.807) is 10.8 Å². The van der Waals surface area contributed by atoms with Crippen LogP contribution in [-0.4, -0.2) is 15.5 Å². The molecule has 0 saturated carbocycles. The number of carbonyl (C=O) groups excluding carboxylic acids is 1. The van der Waals surface area contributed by atoms with Crippen LogP contribution in [0.5, 0.6) is 0 Å². The highest BCUT2D eigenvalue weighted by Crippen LogP contribution is 2.28. The summed E-state index contributed by atoms with van der Waals surface area (Å²) in [6, 6.07) is 20.2. The Morgan fingerprint density at radius 3 is 2.09 bits per heavy atom. The lowest BCUT2D eigenvalue weighted by atomic mass is 9.88. The number of amides is 1. The number of aryl methyl sites for hydroxylation is 1. The molecule has 0 radical (unpaired) electrons. The second-order valence-corrected chi connectivity index (χ2v) is 5.49. The molecule has 0 bridgehead atoms. The number of anilines is 1. The Bertz CT molecular complexity index is 726. The van der Waals surface area contributed by atoms with Gasteiger partial charge in [0.05, 0.1) is 0 Å². The van der Waals surface area contributed by atoms with Crippen molar-refractivity contribution in [1.82, 2.24) is 9.55 Å². The lowest BCUT2D eigenvalue weighted by Crippen LogP contribution is -2.18. The first-order chi connectivity index (χ1) is 11.2. The maximum Gasteiger partial charge on any atom is 0.227 e. The molecule has 3 rings (SSSR count). The van der Waals surface area contributed by atoms with Gasteiger partial charge in [0, 0.05) is 31.8 Å². The topological polar surface area (TPSA) is 46.9 Å². The molecule has 1 N–H and O–H groups in total. The Kier molecular flexibility index (Phi) is 4.52. The van der Waals surface area contributed by atoms with E-state index in [9.17, 15) is 4.79 Å². The van der Waals surface area contributed by atoms with Gasteiger partial charge >= 0.3 is 0 Å². The zero-order valence-electron chi connectivity index (χ0n) is 13.0. The Balaban J connectivity index is 1.82. The zero-order chi connectivity index (χ0) is 16.1. The molecule has 0 unspecified atom stereocenters. The van der Waals surface area contributed by atoms with Crippen LogP contribution >= 0.6 is 0 Å². The predicted octanol–water partition coefficient (Wildman–Crippen LogP) is 3.58. The van der Waals surface area contributed by atoms with E-state index in [1.165, 1.54) is 0 Å². The number of nitrogens with one attached hydrogen (secondary N) is 1. The fraction of sp³-hybridized carbons (Fsp3) is 0.158. The van der Waals surface area contributed by atoms with Crippen LogP contribution in [0.25, 0.3) is 0 Å². The Labute approximate surface area is 135 Å². The summed E-state index contributed by atoms with van der Waals surface area (Å²) in [5.74, 6) is 0.546. The highest BCUT2D eigenvalue weighted by Gasteiger charge is 2.18. The molecule has 2 aromatic carbocycles. The van der Waals surface area contributed by atoms with E-state index in [-0.39, 0.29) is 11.8 Å². The minimum atomic E-state index is -0.0444. The Morgan fingerprint density at radius 1 is 1.04 bits per heavy atom. The number of rotatable bonds is 5. The van der Waals surface area contributed by atoms with Gasteiger partial charge in [0.25, 0.3) is 0 Å². The smallest absolute Gasteiger partial charge is 0.227 e. The summed E-state index contributed by atoms with van der Waals surface area (Å²) in [6.07, 6.45) is 3.85. The van der Waals surface area contributed by atoms with E-state index < -0.39 is 0 Å². The quantitative estimate of drug-likeness (QED) is 0.783. The molecule has 0 atom stereocenters. The van der Waals surface area contributed by atoms with E-state index >= 15 is 0 Å². The van der Waals surface area contributed by atoms with Crippen molar-refractivity contribution in [2.75, 3.05) is 5.32 Å². The summed E-state index contributed by atoms with van der Waals surface area (Å²) in [5, 5.41) is 2.87. The highest BCUT2D eigenvalue weighted by molar-refractivity contribution is 5.90. The summed E-state index contributed by atoms with van der Waals surface area (Å²) in [6.45, 7) is 0. The van der Waals surface area contributed by atoms with Gasteiger partial charge in [-0.2, -0.15) is 0 Å². The van der Waals surface area contributed by atoms with Crippen molar-refractivity contribution < 1.29 is 4.79 Å². The average Bonchev–Trinajstić information content (AvgIpc) is 2.99. The van der Waals surface area contributed by atoms with Crippen LogP contribution in [0.15, 0.2) is 73.1 Å². The molecule has 3 aromatic rings. The van der Waals surface area contributed by atoms with Gasteiger partial charge in [0.1, 0.15) is 0 Å². The van der Waals surface area contributed by atoms with Gasteiger partial charge in [-0.05, 0) is 11.1 Å². The van der Waals surface area contributed by atoms with Crippen LogP contribution in [0.3, 0.4) is 0 Å². The maximum atomic E-state index is 12.5. The van der Waals surface area contributed by atoms with Gasteiger partial charge in [-0.25, -0.2) is 4.98 Å². The van der Waals surface area contributed by atoms with E-state index in [0.717, 1.165) is 11.1 Å². The summed E-state index contributed by atoms with van der Waals surface area (Å²) in [5.41, 5.74) is 2.27. The molecular weight excluding hydrogens is 286 g/mol. The molecule has 116 valence electrons. The van der Waals surface area contributed by atoms with E-state index in [4.69, 9.17) is 0 Å². The first-order valence-corrected chi connectivity index (χ1v) is 7.61. The molecular formula is C19H19N3O. The second-order valence-electron chi connectivity index (χ2n) is 5.49. The third kappa shape index (κ3) is 3.66. The predicted molar refractivity (Wildman–Crippen MR) is 91.2 cm³/mol. The van der Waals surface area contributed by atoms with E-state index in [1.807, 2.05) is 49.6 Å². The SMILES string of the molecule is Cn1ccnc1NC(=O)CC(c1ccccc1)c1ccccc1. The molecule has 4 heteroatoms. The Hall–Kier alpha value is -2.88. The number of carbonyl (C=O) groups is 1. The van der Waals surface area contributed by atoms with Gasteiger partial charge in [0.2, 0.25) is 11.9 Å². The number of hydrogen-bond acceptors (Lipinski definition) is 2. The van der Waals surface area contributed by atoms with Gasteiger partial charge < -0.3 is 4.57 Å². The van der Waals surface area contributed by atoms with E-state index in [2.05, 4.69) is 34.6 Å². The molecule has 0 aliphatic rings. The molecule has 0 aliphatic heterocycles. The van der Waals surface area contributed by atoms with Crippen molar-refractivity contribution in [2.24, 2.45) is 7.05 Å². The lowest BCUT2D eigenvalue weighted by Gasteiger charge is -2.17. The first kappa shape index (κ1) is 15.0. The molecule has 1 aromatic heterocycles. The molecule has 23 heavy (non-hydrogen) atoms. The fourth-order valence-corrected chi connectivity index (χ4v) is 2.65. The third-order valence-electron chi connectivity index (χ3n) is 3.87. The highest BCUT2D eigenvalue weighted by atomic mass is 16.1. The van der Waals surface area contributed by atoms with Gasteiger partial charge in [-0.15, -0.1) is 0 Å². The molecule has 4 nitrogen and oxygen atoms in total. The van der Waals surface area contributed by atoms with Crippen LogP contribution in [-0.2, 0) is 11.8 Å². The van der Waals surface area contributed by atoms with Gasteiger partial charge in [-0.1, -0.05) is 60.7 Å². The minimum absolute atomic E-state index is 0.0256. The normalized spacial score (nSPS) is 10.7.